The van der Waals surface area contributed by atoms with Gasteiger partial charge in [0.15, 0.2) is 5.82 Å². The van der Waals surface area contributed by atoms with Crippen LogP contribution in [0, 0.1) is 0 Å². The average Bonchev–Trinajstić information content (AvgIpc) is 2.86. The van der Waals surface area contributed by atoms with Crippen molar-refractivity contribution in [1.82, 2.24) is 9.78 Å². The summed E-state index contributed by atoms with van der Waals surface area (Å²) in [5, 5.41) is 6.44. The highest BCUT2D eigenvalue weighted by Gasteiger charge is 2.13. The molecule has 2 rings (SSSR count). The van der Waals surface area contributed by atoms with E-state index in [0.717, 1.165) is 10.2 Å². The lowest BCUT2D eigenvalue weighted by molar-refractivity contribution is 0.102. The van der Waals surface area contributed by atoms with Gasteiger partial charge in [-0.25, -0.2) is 8.78 Å². The zero-order valence-electron chi connectivity index (χ0n) is 11.4. The number of ether oxygens (including phenoxy) is 1. The van der Waals surface area contributed by atoms with Crippen molar-refractivity contribution in [3.8, 4) is 0 Å². The highest BCUT2D eigenvalue weighted by molar-refractivity contribution is 6.04. The maximum Gasteiger partial charge on any atom is 0.257 e. The van der Waals surface area contributed by atoms with E-state index in [1.54, 1.807) is 25.3 Å². The number of amides is 1. The first kappa shape index (κ1) is 15.1. The topological polar surface area (TPSA) is 56.1 Å². The number of anilines is 1. The number of aromatic nitrogens is 2. The summed E-state index contributed by atoms with van der Waals surface area (Å²) < 4.78 is 30.6. The molecule has 0 bridgehead atoms. The number of nitrogens with one attached hydrogen (secondary N) is 1. The highest BCUT2D eigenvalue weighted by Crippen LogP contribution is 2.13. The summed E-state index contributed by atoms with van der Waals surface area (Å²) >= 11 is 0. The van der Waals surface area contributed by atoms with Gasteiger partial charge in [-0.05, 0) is 11.6 Å². The molecule has 0 radical (unpaired) electrons. The van der Waals surface area contributed by atoms with Gasteiger partial charge in [0.1, 0.15) is 6.54 Å². The van der Waals surface area contributed by atoms with E-state index >= 15 is 0 Å². The molecule has 21 heavy (non-hydrogen) atoms. The zero-order valence-corrected chi connectivity index (χ0v) is 11.4. The highest BCUT2D eigenvalue weighted by atomic mass is 19.3. The van der Waals surface area contributed by atoms with Crippen molar-refractivity contribution in [2.24, 2.45) is 0 Å². The van der Waals surface area contributed by atoms with E-state index in [9.17, 15) is 13.6 Å². The molecule has 0 saturated heterocycles. The lowest BCUT2D eigenvalue weighted by atomic mass is 10.1. The van der Waals surface area contributed by atoms with Crippen LogP contribution < -0.4 is 5.32 Å². The van der Waals surface area contributed by atoms with Crippen LogP contribution in [-0.4, -0.2) is 29.2 Å². The van der Waals surface area contributed by atoms with Crippen LogP contribution in [0.15, 0.2) is 36.5 Å². The molecule has 5 nitrogen and oxygen atoms in total. The molecule has 0 saturated carbocycles. The van der Waals surface area contributed by atoms with Crippen LogP contribution in [0.2, 0.25) is 0 Å². The van der Waals surface area contributed by atoms with Crippen molar-refractivity contribution in [2.45, 2.75) is 19.6 Å². The first-order valence-corrected chi connectivity index (χ1v) is 6.30. The summed E-state index contributed by atoms with van der Waals surface area (Å²) in [7, 11) is 1.54. The summed E-state index contributed by atoms with van der Waals surface area (Å²) in [5.74, 6) is -0.127. The van der Waals surface area contributed by atoms with Crippen LogP contribution in [0.4, 0.5) is 14.6 Å². The van der Waals surface area contributed by atoms with Crippen LogP contribution in [-0.2, 0) is 17.9 Å². The van der Waals surface area contributed by atoms with E-state index in [1.165, 1.54) is 12.3 Å². The van der Waals surface area contributed by atoms with E-state index < -0.39 is 13.0 Å². The number of halogens is 2. The Morgan fingerprint density at radius 3 is 2.86 bits per heavy atom. The van der Waals surface area contributed by atoms with Crippen LogP contribution in [0.5, 0.6) is 0 Å². The number of methoxy groups -OCH3 is 1. The molecule has 7 heteroatoms. The number of carbonyl (C=O) groups is 1. The van der Waals surface area contributed by atoms with Crippen molar-refractivity contribution in [1.29, 1.82) is 0 Å². The first-order chi connectivity index (χ1) is 10.1. The maximum atomic E-state index is 12.2. The van der Waals surface area contributed by atoms with Gasteiger partial charge in [-0.3, -0.25) is 9.48 Å². The second-order valence-corrected chi connectivity index (χ2v) is 4.36. The monoisotopic (exact) mass is 295 g/mol. The number of carbonyl (C=O) groups excluding carboxylic acids is 1. The third-order valence-corrected chi connectivity index (χ3v) is 2.77. The number of hydrogen-bond donors (Lipinski definition) is 1. The average molecular weight is 295 g/mol. The molecule has 0 aliphatic rings. The SMILES string of the molecule is COCc1ccccc1C(=O)Nc1ccn(CC(F)F)n1. The lowest BCUT2D eigenvalue weighted by Gasteiger charge is -2.08. The third kappa shape index (κ3) is 4.09. The Kier molecular flexibility index (Phi) is 4.99. The van der Waals surface area contributed by atoms with Crippen molar-refractivity contribution in [3.63, 3.8) is 0 Å². The molecule has 0 fully saturated rings. The summed E-state index contributed by atoms with van der Waals surface area (Å²) in [6.45, 7) is -0.195. The maximum absolute atomic E-state index is 12.2. The predicted molar refractivity (Wildman–Crippen MR) is 73.3 cm³/mol. The minimum Gasteiger partial charge on any atom is -0.380 e. The number of benzene rings is 1. The fourth-order valence-corrected chi connectivity index (χ4v) is 1.88. The molecule has 1 amide bonds. The zero-order chi connectivity index (χ0) is 15.2. The molecule has 1 aromatic heterocycles. The summed E-state index contributed by atoms with van der Waals surface area (Å²) in [6.07, 6.45) is -1.10. The Bertz CT molecular complexity index is 614. The smallest absolute Gasteiger partial charge is 0.257 e. The lowest BCUT2D eigenvalue weighted by Crippen LogP contribution is -2.15. The quantitative estimate of drug-likeness (QED) is 0.891. The van der Waals surface area contributed by atoms with E-state index in [4.69, 9.17) is 4.74 Å². The molecule has 112 valence electrons. The first-order valence-electron chi connectivity index (χ1n) is 6.30. The van der Waals surface area contributed by atoms with Crippen LogP contribution >= 0.6 is 0 Å². The van der Waals surface area contributed by atoms with Crippen LogP contribution in [0.1, 0.15) is 15.9 Å². The molecular weight excluding hydrogens is 280 g/mol. The minimum atomic E-state index is -2.49. The largest absolute Gasteiger partial charge is 0.380 e. The van der Waals surface area contributed by atoms with E-state index in [0.29, 0.717) is 12.2 Å². The number of alkyl halides is 2. The van der Waals surface area contributed by atoms with Crippen molar-refractivity contribution in [2.75, 3.05) is 12.4 Å². The molecular formula is C14H15F2N3O2. The van der Waals surface area contributed by atoms with Crippen molar-refractivity contribution >= 4 is 11.7 Å². The Balaban J connectivity index is 2.09. The third-order valence-electron chi connectivity index (χ3n) is 2.77. The van der Waals surface area contributed by atoms with Gasteiger partial charge in [0, 0.05) is 24.9 Å². The van der Waals surface area contributed by atoms with E-state index in [1.807, 2.05) is 6.07 Å². The van der Waals surface area contributed by atoms with Crippen LogP contribution in [0.3, 0.4) is 0 Å². The van der Waals surface area contributed by atoms with Gasteiger partial charge in [-0.15, -0.1) is 0 Å². The van der Waals surface area contributed by atoms with Crippen molar-refractivity contribution < 1.29 is 18.3 Å². The van der Waals surface area contributed by atoms with E-state index in [-0.39, 0.29) is 11.7 Å². The molecule has 1 aromatic carbocycles. The molecule has 0 unspecified atom stereocenters. The molecule has 0 aliphatic heterocycles. The fraction of sp³-hybridized carbons (Fsp3) is 0.286. The number of rotatable bonds is 6. The van der Waals surface area contributed by atoms with Gasteiger partial charge >= 0.3 is 0 Å². The Morgan fingerprint density at radius 2 is 2.14 bits per heavy atom. The summed E-state index contributed by atoms with van der Waals surface area (Å²) in [4.78, 5) is 12.2. The van der Waals surface area contributed by atoms with Gasteiger partial charge in [0.2, 0.25) is 0 Å². The van der Waals surface area contributed by atoms with Gasteiger partial charge in [0.25, 0.3) is 12.3 Å². The van der Waals surface area contributed by atoms with E-state index in [2.05, 4.69) is 10.4 Å². The molecule has 1 N–H and O–H groups in total. The normalized spacial score (nSPS) is 10.9. The second-order valence-electron chi connectivity index (χ2n) is 4.36. The molecule has 0 aliphatic carbocycles. The van der Waals surface area contributed by atoms with Gasteiger partial charge in [-0.1, -0.05) is 18.2 Å². The molecule has 1 heterocycles. The van der Waals surface area contributed by atoms with Gasteiger partial charge in [0.05, 0.1) is 6.61 Å². The Hall–Kier alpha value is -2.28. The minimum absolute atomic E-state index is 0.230. The molecule has 0 atom stereocenters. The Morgan fingerprint density at radius 1 is 1.38 bits per heavy atom. The van der Waals surface area contributed by atoms with Gasteiger partial charge in [-0.2, -0.15) is 5.10 Å². The van der Waals surface area contributed by atoms with Gasteiger partial charge < -0.3 is 10.1 Å². The second kappa shape index (κ2) is 6.94. The summed E-state index contributed by atoms with van der Waals surface area (Å²) in [5.41, 5.74) is 1.20. The number of nitrogens with zero attached hydrogens (tertiary/aromatic N) is 2. The van der Waals surface area contributed by atoms with Crippen LogP contribution in [0.25, 0.3) is 0 Å². The van der Waals surface area contributed by atoms with Crippen molar-refractivity contribution in [3.05, 3.63) is 47.7 Å². The number of hydrogen-bond acceptors (Lipinski definition) is 3. The molecule has 0 spiro atoms. The Labute approximate surface area is 120 Å². The molecule has 2 aromatic rings. The fourth-order valence-electron chi connectivity index (χ4n) is 1.88. The standard InChI is InChI=1S/C14H15F2N3O2/c1-21-9-10-4-2-3-5-11(10)14(20)17-13-6-7-19(18-13)8-12(15)16/h2-7,12H,8-9H2,1H3,(H,17,18,20). The predicted octanol–water partition coefficient (Wildman–Crippen LogP) is 2.55. The summed E-state index contributed by atoms with van der Waals surface area (Å²) in [6, 6.07) is 8.47.